The van der Waals surface area contributed by atoms with Crippen molar-refractivity contribution in [2.24, 2.45) is 0 Å². The quantitative estimate of drug-likeness (QED) is 0.121. The van der Waals surface area contributed by atoms with E-state index < -0.39 is 0 Å². The van der Waals surface area contributed by atoms with Crippen LogP contribution in [-0.4, -0.2) is 0 Å². The van der Waals surface area contributed by atoms with Gasteiger partial charge in [0, 0.05) is 149 Å². The number of hydrogen-bond acceptors (Lipinski definition) is 8. The first-order chi connectivity index (χ1) is 46.4. The van der Waals surface area contributed by atoms with Crippen LogP contribution in [0.4, 0.5) is 68.2 Å². The normalized spacial score (nSPS) is 11.5. The molecule has 0 atom stereocenters. The maximum absolute atomic E-state index is 2.40. The van der Waals surface area contributed by atoms with Gasteiger partial charge < -0.3 is 19.6 Å². The van der Waals surface area contributed by atoms with Crippen molar-refractivity contribution in [1.82, 2.24) is 0 Å². The van der Waals surface area contributed by atoms with Crippen LogP contribution in [0.5, 0.6) is 0 Å². The molecule has 4 heterocycles. The number of anilines is 12. The van der Waals surface area contributed by atoms with E-state index in [1.807, 2.05) is 45.3 Å². The van der Waals surface area contributed by atoms with Crippen LogP contribution < -0.4 is 19.6 Å². The zero-order valence-corrected chi connectivity index (χ0v) is 54.9. The van der Waals surface area contributed by atoms with Crippen LogP contribution >= 0.6 is 45.3 Å². The van der Waals surface area contributed by atoms with E-state index in [-0.39, 0.29) is 0 Å². The summed E-state index contributed by atoms with van der Waals surface area (Å²) in [5, 5.41) is 10.3. The molecule has 8 heteroatoms. The molecule has 448 valence electrons. The molecule has 0 saturated carbocycles. The highest BCUT2D eigenvalue weighted by atomic mass is 32.1. The molecule has 0 aliphatic carbocycles. The van der Waals surface area contributed by atoms with Gasteiger partial charge in [0.15, 0.2) is 0 Å². The molecule has 0 N–H and O–H groups in total. The number of benzene rings is 14. The lowest BCUT2D eigenvalue weighted by Crippen LogP contribution is -2.10. The molecule has 0 fully saturated rings. The maximum atomic E-state index is 2.40. The molecule has 94 heavy (non-hydrogen) atoms. The summed E-state index contributed by atoms with van der Waals surface area (Å²) in [5.74, 6) is 0. The first-order valence-electron chi connectivity index (χ1n) is 31.7. The van der Waals surface area contributed by atoms with Gasteiger partial charge in [-0.3, -0.25) is 0 Å². The lowest BCUT2D eigenvalue weighted by Gasteiger charge is -2.26. The van der Waals surface area contributed by atoms with E-state index in [9.17, 15) is 0 Å². The minimum atomic E-state index is 1.14. The highest BCUT2D eigenvalue weighted by Crippen LogP contribution is 2.48. The van der Waals surface area contributed by atoms with Crippen LogP contribution in [0, 0.1) is 13.8 Å². The van der Waals surface area contributed by atoms with Crippen LogP contribution in [0.25, 0.3) is 80.7 Å². The third kappa shape index (κ3) is 10.7. The molecule has 0 unspecified atom stereocenters. The van der Waals surface area contributed by atoms with Crippen molar-refractivity contribution in [3.05, 3.63) is 339 Å². The smallest absolute Gasteiger partial charge is 0.0476 e. The standard InChI is InChI=1S/2C43H30N2S2/c1-29-11-10-16-32(25-29)45(34-21-23-41-38(27-34)36-17-8-9-18-40(36)46-41)35-19-22-37-39-26-33(20-24-42(39)47-43(37)28-35)44(30-12-4-2-5-13-30)31-14-6-3-7-15-31;1-29-16-18-32(19-17-29)44(30-10-4-2-5-11-30)33-21-25-42-39(26-33)37-23-20-35(28-43(37)47-42)45(31-12-6-3-7-13-31)34-22-24-41-38(27-34)36-14-8-9-15-40(36)46-41/h2*2-28H,1H3. The molecule has 4 nitrogen and oxygen atoms in total. The van der Waals surface area contributed by atoms with Crippen LogP contribution in [-0.2, 0) is 0 Å². The summed E-state index contributed by atoms with van der Waals surface area (Å²) in [6.07, 6.45) is 0. The lowest BCUT2D eigenvalue weighted by molar-refractivity contribution is 1.28. The molecule has 18 rings (SSSR count). The highest BCUT2D eigenvalue weighted by Gasteiger charge is 2.22. The summed E-state index contributed by atoms with van der Waals surface area (Å²) in [6, 6.07) is 119. The van der Waals surface area contributed by atoms with Gasteiger partial charge in [0.25, 0.3) is 0 Å². The van der Waals surface area contributed by atoms with E-state index >= 15 is 0 Å². The number of fused-ring (bicyclic) bond motifs is 12. The van der Waals surface area contributed by atoms with Crippen molar-refractivity contribution in [3.8, 4) is 0 Å². The van der Waals surface area contributed by atoms with E-state index in [0.29, 0.717) is 0 Å². The van der Waals surface area contributed by atoms with E-state index in [4.69, 9.17) is 0 Å². The first-order valence-corrected chi connectivity index (χ1v) is 35.0. The molecule has 0 spiro atoms. The molecule has 0 aliphatic heterocycles. The molecular formula is C86H60N4S4. The highest BCUT2D eigenvalue weighted by molar-refractivity contribution is 7.27. The molecule has 0 saturated heterocycles. The van der Waals surface area contributed by atoms with E-state index in [2.05, 4.69) is 361 Å². The lowest BCUT2D eigenvalue weighted by atomic mass is 10.1. The number of para-hydroxylation sites is 4. The minimum Gasteiger partial charge on any atom is -0.310 e. The predicted octanol–water partition coefficient (Wildman–Crippen LogP) is 27.3. The number of hydrogen-bond donors (Lipinski definition) is 0. The van der Waals surface area contributed by atoms with Crippen LogP contribution in [0.2, 0.25) is 0 Å². The van der Waals surface area contributed by atoms with Gasteiger partial charge in [-0.05, 0) is 201 Å². The van der Waals surface area contributed by atoms with Gasteiger partial charge in [0.05, 0.1) is 0 Å². The Bertz CT molecular complexity index is 5760. The third-order valence-corrected chi connectivity index (χ3v) is 22.3. The van der Waals surface area contributed by atoms with E-state index in [1.165, 1.54) is 91.8 Å². The Balaban J connectivity index is 0.000000143. The average molecular weight is 1280 g/mol. The number of thiophene rings is 4. The van der Waals surface area contributed by atoms with Gasteiger partial charge in [-0.25, -0.2) is 0 Å². The monoisotopic (exact) mass is 1280 g/mol. The number of aryl methyl sites for hydroxylation is 2. The second kappa shape index (κ2) is 24.3. The van der Waals surface area contributed by atoms with Crippen LogP contribution in [0.3, 0.4) is 0 Å². The van der Waals surface area contributed by atoms with Gasteiger partial charge in [-0.1, -0.05) is 151 Å². The Morgan fingerprint density at radius 1 is 0.160 bits per heavy atom. The average Bonchev–Trinajstić information content (AvgIpc) is 1.63. The van der Waals surface area contributed by atoms with Crippen LogP contribution in [0.15, 0.2) is 328 Å². The zero-order valence-electron chi connectivity index (χ0n) is 51.6. The summed E-state index contributed by atoms with van der Waals surface area (Å²) in [6.45, 7) is 4.30. The minimum absolute atomic E-state index is 1.14. The van der Waals surface area contributed by atoms with Crippen molar-refractivity contribution in [2.45, 2.75) is 13.8 Å². The molecule has 0 aliphatic rings. The fourth-order valence-corrected chi connectivity index (χ4v) is 17.7. The molecule has 4 aromatic heterocycles. The predicted molar refractivity (Wildman–Crippen MR) is 413 cm³/mol. The topological polar surface area (TPSA) is 13.0 Å². The summed E-state index contributed by atoms with van der Waals surface area (Å²) in [4.78, 5) is 9.47. The van der Waals surface area contributed by atoms with E-state index in [0.717, 1.165) is 68.2 Å². The fraction of sp³-hybridized carbons (Fsp3) is 0.0233. The van der Waals surface area contributed by atoms with Gasteiger partial charge in [-0.2, -0.15) is 0 Å². The van der Waals surface area contributed by atoms with Crippen LogP contribution in [0.1, 0.15) is 11.1 Å². The van der Waals surface area contributed by atoms with Gasteiger partial charge in [-0.15, -0.1) is 45.3 Å². The van der Waals surface area contributed by atoms with Gasteiger partial charge in [0.2, 0.25) is 0 Å². The summed E-state index contributed by atoms with van der Waals surface area (Å²) >= 11 is 7.44. The molecule has 0 radical (unpaired) electrons. The van der Waals surface area contributed by atoms with Gasteiger partial charge in [0.1, 0.15) is 0 Å². The number of nitrogens with zero attached hydrogens (tertiary/aromatic N) is 4. The largest absolute Gasteiger partial charge is 0.310 e. The van der Waals surface area contributed by atoms with Crippen molar-refractivity contribution in [1.29, 1.82) is 0 Å². The Labute approximate surface area is 562 Å². The van der Waals surface area contributed by atoms with Crippen molar-refractivity contribution in [2.75, 3.05) is 19.6 Å². The first kappa shape index (κ1) is 57.1. The van der Waals surface area contributed by atoms with Crippen molar-refractivity contribution < 1.29 is 0 Å². The molecule has 14 aromatic carbocycles. The third-order valence-electron chi connectivity index (χ3n) is 17.8. The molecular weight excluding hydrogens is 1220 g/mol. The second-order valence-electron chi connectivity index (χ2n) is 23.8. The van der Waals surface area contributed by atoms with Crippen molar-refractivity contribution >= 4 is 194 Å². The fourth-order valence-electron chi connectivity index (χ4n) is 13.3. The van der Waals surface area contributed by atoms with E-state index in [1.54, 1.807) is 0 Å². The van der Waals surface area contributed by atoms with Gasteiger partial charge >= 0.3 is 0 Å². The molecule has 0 amide bonds. The Morgan fingerprint density at radius 3 is 0.798 bits per heavy atom. The summed E-state index contributed by atoms with van der Waals surface area (Å²) in [7, 11) is 0. The Hall–Kier alpha value is -10.8. The maximum Gasteiger partial charge on any atom is 0.0476 e. The summed E-state index contributed by atoms with van der Waals surface area (Å²) < 4.78 is 10.4. The molecule has 18 aromatic rings. The Morgan fingerprint density at radius 2 is 0.415 bits per heavy atom. The Kier molecular flexibility index (Phi) is 14.8. The SMILES string of the molecule is Cc1ccc(N(c2ccccc2)c2ccc3sc4cc(N(c5ccccc5)c5ccc6sc7ccccc7c6c5)ccc4c3c2)cc1.Cc1cccc(N(c2ccc3c(c2)sc2ccc(N(c4ccccc4)c4ccccc4)cc23)c2ccc3sc4ccccc4c3c2)c1. The second-order valence-corrected chi connectivity index (χ2v) is 28.2. The summed E-state index contributed by atoms with van der Waals surface area (Å²) in [5.41, 5.74) is 16.3. The molecule has 0 bridgehead atoms. The van der Waals surface area contributed by atoms with Crippen molar-refractivity contribution in [3.63, 3.8) is 0 Å². The zero-order chi connectivity index (χ0) is 62.6. The number of rotatable bonds is 12.